The van der Waals surface area contributed by atoms with Crippen molar-refractivity contribution in [3.63, 3.8) is 0 Å². The molecule has 0 aromatic carbocycles. The first-order valence-corrected chi connectivity index (χ1v) is 4.19. The van der Waals surface area contributed by atoms with Crippen LogP contribution in [-0.2, 0) is 13.0 Å². The number of rotatable bonds is 1. The van der Waals surface area contributed by atoms with Gasteiger partial charge in [0.2, 0.25) is 0 Å². The number of aromatic carboxylic acids is 1. The molecular formula is C9H10N2O2. The summed E-state index contributed by atoms with van der Waals surface area (Å²) in [6, 6.07) is 1.69. The van der Waals surface area contributed by atoms with Crippen LogP contribution in [0.15, 0.2) is 12.3 Å². The zero-order chi connectivity index (χ0) is 9.26. The van der Waals surface area contributed by atoms with Crippen molar-refractivity contribution in [3.05, 3.63) is 29.1 Å². The fourth-order valence-corrected chi connectivity index (χ4v) is 1.46. The Morgan fingerprint density at radius 1 is 1.62 bits per heavy atom. The van der Waals surface area contributed by atoms with Gasteiger partial charge >= 0.3 is 5.97 Å². The molecule has 1 aliphatic heterocycles. The molecule has 0 bridgehead atoms. The molecule has 4 nitrogen and oxygen atoms in total. The summed E-state index contributed by atoms with van der Waals surface area (Å²) in [4.78, 5) is 14.7. The van der Waals surface area contributed by atoms with E-state index in [1.165, 1.54) is 6.20 Å². The lowest BCUT2D eigenvalue weighted by Crippen LogP contribution is -2.24. The van der Waals surface area contributed by atoms with E-state index in [1.807, 2.05) is 0 Å². The molecule has 2 heterocycles. The van der Waals surface area contributed by atoms with Crippen LogP contribution in [0, 0.1) is 0 Å². The van der Waals surface area contributed by atoms with Crippen LogP contribution < -0.4 is 5.32 Å². The first-order chi connectivity index (χ1) is 6.27. The van der Waals surface area contributed by atoms with Gasteiger partial charge in [-0.15, -0.1) is 0 Å². The molecule has 0 fully saturated rings. The second-order valence-electron chi connectivity index (χ2n) is 3.06. The number of nitrogens with zero attached hydrogens (tertiary/aromatic N) is 1. The van der Waals surface area contributed by atoms with Crippen molar-refractivity contribution >= 4 is 5.97 Å². The van der Waals surface area contributed by atoms with Crippen molar-refractivity contribution in [1.29, 1.82) is 0 Å². The van der Waals surface area contributed by atoms with Gasteiger partial charge in [-0.05, 0) is 11.6 Å². The molecule has 2 rings (SSSR count). The molecule has 0 aliphatic carbocycles. The predicted octanol–water partition coefficient (Wildman–Crippen LogP) is 0.425. The minimum absolute atomic E-state index is 0.266. The smallest absolute Gasteiger partial charge is 0.337 e. The number of aromatic nitrogens is 1. The molecule has 1 aliphatic rings. The molecule has 0 spiro atoms. The van der Waals surface area contributed by atoms with E-state index in [1.54, 1.807) is 6.07 Å². The maximum atomic E-state index is 10.6. The third kappa shape index (κ3) is 1.53. The highest BCUT2D eigenvalue weighted by molar-refractivity contribution is 5.87. The third-order valence-corrected chi connectivity index (χ3v) is 2.16. The van der Waals surface area contributed by atoms with E-state index < -0.39 is 5.97 Å². The van der Waals surface area contributed by atoms with E-state index in [4.69, 9.17) is 5.11 Å². The monoisotopic (exact) mass is 178 g/mol. The Kier molecular flexibility index (Phi) is 1.98. The van der Waals surface area contributed by atoms with Crippen LogP contribution in [0.3, 0.4) is 0 Å². The Morgan fingerprint density at radius 2 is 2.46 bits per heavy atom. The molecule has 4 heteroatoms. The molecule has 68 valence electrons. The summed E-state index contributed by atoms with van der Waals surface area (Å²) in [5.41, 5.74) is 2.29. The second kappa shape index (κ2) is 3.14. The lowest BCUT2D eigenvalue weighted by atomic mass is 10.1. The van der Waals surface area contributed by atoms with E-state index in [2.05, 4.69) is 10.3 Å². The normalized spacial score (nSPS) is 15.1. The van der Waals surface area contributed by atoms with E-state index in [9.17, 15) is 4.79 Å². The average Bonchev–Trinajstić information content (AvgIpc) is 2.17. The molecule has 1 aromatic rings. The van der Waals surface area contributed by atoms with Gasteiger partial charge in [-0.25, -0.2) is 4.79 Å². The van der Waals surface area contributed by atoms with E-state index >= 15 is 0 Å². The van der Waals surface area contributed by atoms with Crippen molar-refractivity contribution in [3.8, 4) is 0 Å². The Balaban J connectivity index is 2.40. The highest BCUT2D eigenvalue weighted by Crippen LogP contribution is 2.12. The maximum absolute atomic E-state index is 10.6. The topological polar surface area (TPSA) is 62.2 Å². The quantitative estimate of drug-likeness (QED) is 0.654. The summed E-state index contributed by atoms with van der Waals surface area (Å²) in [6.07, 6.45) is 2.31. The summed E-state index contributed by atoms with van der Waals surface area (Å²) < 4.78 is 0. The summed E-state index contributed by atoms with van der Waals surface area (Å²) in [5, 5.41) is 11.9. The summed E-state index contributed by atoms with van der Waals surface area (Å²) >= 11 is 0. The van der Waals surface area contributed by atoms with Gasteiger partial charge in [0.25, 0.3) is 0 Å². The van der Waals surface area contributed by atoms with Crippen molar-refractivity contribution in [2.75, 3.05) is 6.54 Å². The Morgan fingerprint density at radius 3 is 3.23 bits per heavy atom. The van der Waals surface area contributed by atoms with Crippen molar-refractivity contribution in [1.82, 2.24) is 10.3 Å². The fourth-order valence-electron chi connectivity index (χ4n) is 1.46. The maximum Gasteiger partial charge on any atom is 0.337 e. The lowest BCUT2D eigenvalue weighted by Gasteiger charge is -2.15. The van der Waals surface area contributed by atoms with E-state index in [0.29, 0.717) is 0 Å². The van der Waals surface area contributed by atoms with Crippen LogP contribution in [0.25, 0.3) is 0 Å². The molecule has 2 N–H and O–H groups in total. The number of hydrogen-bond donors (Lipinski definition) is 2. The Labute approximate surface area is 75.6 Å². The number of carboxylic acids is 1. The van der Waals surface area contributed by atoms with E-state index in [-0.39, 0.29) is 5.56 Å². The fraction of sp³-hybridized carbons (Fsp3) is 0.333. The predicted molar refractivity (Wildman–Crippen MR) is 46.6 cm³/mol. The number of carbonyl (C=O) groups is 1. The molecule has 13 heavy (non-hydrogen) atoms. The van der Waals surface area contributed by atoms with Gasteiger partial charge in [-0.2, -0.15) is 0 Å². The molecule has 0 amide bonds. The minimum atomic E-state index is -0.916. The SMILES string of the molecule is O=C(O)c1cnc2c(c1)CNCC2. The summed E-state index contributed by atoms with van der Waals surface area (Å²) in [6.45, 7) is 1.65. The highest BCUT2D eigenvalue weighted by atomic mass is 16.4. The molecule has 0 atom stereocenters. The molecule has 0 radical (unpaired) electrons. The van der Waals surface area contributed by atoms with Gasteiger partial charge in [-0.3, -0.25) is 4.98 Å². The average molecular weight is 178 g/mol. The molecular weight excluding hydrogens is 168 g/mol. The largest absolute Gasteiger partial charge is 0.478 e. The van der Waals surface area contributed by atoms with Crippen LogP contribution in [0.5, 0.6) is 0 Å². The number of pyridine rings is 1. The standard InChI is InChI=1S/C9H10N2O2/c12-9(13)7-3-6-4-10-2-1-8(6)11-5-7/h3,5,10H,1-2,4H2,(H,12,13). The van der Waals surface area contributed by atoms with Crippen molar-refractivity contribution in [2.45, 2.75) is 13.0 Å². The van der Waals surface area contributed by atoms with Crippen molar-refractivity contribution < 1.29 is 9.90 Å². The summed E-state index contributed by atoms with van der Waals surface area (Å²) in [7, 11) is 0. The van der Waals surface area contributed by atoms with Gasteiger partial charge < -0.3 is 10.4 Å². The lowest BCUT2D eigenvalue weighted by molar-refractivity contribution is 0.0696. The van der Waals surface area contributed by atoms with Crippen LogP contribution in [-0.4, -0.2) is 22.6 Å². The Bertz CT molecular complexity index is 349. The number of hydrogen-bond acceptors (Lipinski definition) is 3. The molecule has 0 unspecified atom stereocenters. The summed E-state index contributed by atoms with van der Waals surface area (Å²) in [5.74, 6) is -0.916. The zero-order valence-corrected chi connectivity index (χ0v) is 7.08. The van der Waals surface area contributed by atoms with Gasteiger partial charge in [0, 0.05) is 31.4 Å². The zero-order valence-electron chi connectivity index (χ0n) is 7.08. The van der Waals surface area contributed by atoms with Gasteiger partial charge in [0.1, 0.15) is 0 Å². The third-order valence-electron chi connectivity index (χ3n) is 2.16. The van der Waals surface area contributed by atoms with Crippen LogP contribution >= 0.6 is 0 Å². The van der Waals surface area contributed by atoms with Gasteiger partial charge in [-0.1, -0.05) is 0 Å². The number of nitrogens with one attached hydrogen (secondary N) is 1. The molecule has 1 aromatic heterocycles. The first-order valence-electron chi connectivity index (χ1n) is 4.19. The number of carboxylic acid groups (broad SMARTS) is 1. The van der Waals surface area contributed by atoms with Gasteiger partial charge in [0.05, 0.1) is 5.56 Å². The van der Waals surface area contributed by atoms with Crippen molar-refractivity contribution in [2.24, 2.45) is 0 Å². The van der Waals surface area contributed by atoms with Crippen LogP contribution in [0.2, 0.25) is 0 Å². The highest BCUT2D eigenvalue weighted by Gasteiger charge is 2.12. The van der Waals surface area contributed by atoms with Crippen LogP contribution in [0.4, 0.5) is 0 Å². The van der Waals surface area contributed by atoms with Gasteiger partial charge in [0.15, 0.2) is 0 Å². The minimum Gasteiger partial charge on any atom is -0.478 e. The van der Waals surface area contributed by atoms with E-state index in [0.717, 1.165) is 30.8 Å². The molecule has 0 saturated carbocycles. The molecule has 0 saturated heterocycles. The number of fused-ring (bicyclic) bond motifs is 1. The van der Waals surface area contributed by atoms with Crippen LogP contribution in [0.1, 0.15) is 21.6 Å². The first kappa shape index (κ1) is 8.19. The Hall–Kier alpha value is -1.42. The second-order valence-corrected chi connectivity index (χ2v) is 3.06.